The van der Waals surface area contributed by atoms with Crippen LogP contribution in [-0.4, -0.2) is 24.9 Å². The molecule has 6 nitrogen and oxygen atoms in total. The van der Waals surface area contributed by atoms with Crippen molar-refractivity contribution in [3.8, 4) is 56.3 Å². The second-order valence-electron chi connectivity index (χ2n) is 13.5. The van der Waals surface area contributed by atoms with Crippen LogP contribution in [0.5, 0.6) is 0 Å². The summed E-state index contributed by atoms with van der Waals surface area (Å²) in [4.78, 5) is 23.9. The Morgan fingerprint density at radius 3 is 1.54 bits per heavy atom. The number of fused-ring (bicyclic) bond motifs is 6. The van der Waals surface area contributed by atoms with Gasteiger partial charge in [0.2, 0.25) is 0 Å². The first-order chi connectivity index (χ1) is 26.7. The molecule has 254 valence electrons. The zero-order chi connectivity index (χ0) is 35.8. The average molecular weight is 693 g/mol. The Morgan fingerprint density at radius 1 is 0.407 bits per heavy atom. The highest BCUT2D eigenvalue weighted by Crippen LogP contribution is 2.39. The van der Waals surface area contributed by atoms with E-state index in [0.717, 1.165) is 61.9 Å². The molecule has 10 rings (SSSR count). The zero-order valence-electron chi connectivity index (χ0n) is 29.1. The minimum absolute atomic E-state index is 0.0807. The molecule has 4 aromatic carbocycles. The van der Waals surface area contributed by atoms with E-state index in [-0.39, 0.29) is 6.04 Å². The van der Waals surface area contributed by atoms with Crippen LogP contribution >= 0.6 is 0 Å². The number of dihydropyridines is 1. The van der Waals surface area contributed by atoms with Crippen molar-refractivity contribution >= 4 is 32.3 Å². The molecule has 0 aliphatic carbocycles. The van der Waals surface area contributed by atoms with Crippen LogP contribution < -0.4 is 5.32 Å². The predicted molar refractivity (Wildman–Crippen MR) is 219 cm³/mol. The van der Waals surface area contributed by atoms with Crippen molar-refractivity contribution in [3.63, 3.8) is 0 Å². The molecule has 1 aliphatic rings. The second-order valence-corrected chi connectivity index (χ2v) is 13.5. The van der Waals surface area contributed by atoms with Crippen molar-refractivity contribution in [2.75, 3.05) is 0 Å². The molecule has 0 saturated heterocycles. The molecule has 0 bridgehead atoms. The van der Waals surface area contributed by atoms with Crippen LogP contribution in [0.25, 0.3) is 88.6 Å². The Morgan fingerprint density at radius 2 is 0.944 bits per heavy atom. The number of hydrogen-bond donors (Lipinski definition) is 1. The van der Waals surface area contributed by atoms with Gasteiger partial charge in [-0.2, -0.15) is 0 Å². The second kappa shape index (κ2) is 13.3. The van der Waals surface area contributed by atoms with Gasteiger partial charge in [-0.15, -0.1) is 0 Å². The third-order valence-corrected chi connectivity index (χ3v) is 10.1. The first-order valence-electron chi connectivity index (χ1n) is 18.0. The van der Waals surface area contributed by atoms with Crippen LogP contribution in [-0.2, 0) is 0 Å². The summed E-state index contributed by atoms with van der Waals surface area (Å²) >= 11 is 0. The maximum absolute atomic E-state index is 5.17. The lowest BCUT2D eigenvalue weighted by atomic mass is 9.91. The molecule has 1 aliphatic heterocycles. The summed E-state index contributed by atoms with van der Waals surface area (Å²) in [6, 6.07) is 44.7. The Kier molecular flexibility index (Phi) is 7.77. The maximum Gasteiger partial charge on any atom is 0.0725 e. The van der Waals surface area contributed by atoms with E-state index < -0.39 is 0 Å². The highest BCUT2D eigenvalue weighted by molar-refractivity contribution is 6.26. The van der Waals surface area contributed by atoms with Crippen molar-refractivity contribution in [1.82, 2.24) is 30.2 Å². The van der Waals surface area contributed by atoms with E-state index in [1.807, 2.05) is 61.3 Å². The summed E-state index contributed by atoms with van der Waals surface area (Å²) in [6.45, 7) is 0. The fourth-order valence-electron chi connectivity index (χ4n) is 7.46. The summed E-state index contributed by atoms with van der Waals surface area (Å²) < 4.78 is 0. The van der Waals surface area contributed by atoms with Crippen molar-refractivity contribution in [1.29, 1.82) is 0 Å². The van der Waals surface area contributed by atoms with Gasteiger partial charge in [-0.25, -0.2) is 9.97 Å². The topological polar surface area (TPSA) is 76.5 Å². The van der Waals surface area contributed by atoms with Crippen LogP contribution in [0.4, 0.5) is 0 Å². The predicted octanol–water partition coefficient (Wildman–Crippen LogP) is 11.2. The molecule has 1 N–H and O–H groups in total. The molecule has 6 heterocycles. The van der Waals surface area contributed by atoms with E-state index in [1.54, 1.807) is 6.20 Å². The Balaban J connectivity index is 1.07. The van der Waals surface area contributed by atoms with Crippen molar-refractivity contribution in [2.24, 2.45) is 0 Å². The molecular formula is C48H32N6. The smallest absolute Gasteiger partial charge is 0.0725 e. The van der Waals surface area contributed by atoms with E-state index >= 15 is 0 Å². The SMILES string of the molecule is C1=CNC(c2cncc(-c3cccc(-c4ccc5c6ccccc6c6ccc(-c7cccc(-c8cncc(-c9ccccn9)c8)n7)cc6c5c4)n3)c2)C=C1. The van der Waals surface area contributed by atoms with Crippen LogP contribution in [0.2, 0.25) is 0 Å². The highest BCUT2D eigenvalue weighted by Gasteiger charge is 2.15. The summed E-state index contributed by atoms with van der Waals surface area (Å²) in [5, 5.41) is 10.6. The molecule has 6 heteroatoms. The Hall–Kier alpha value is -7.31. The number of nitrogens with zero attached hydrogens (tertiary/aromatic N) is 5. The Labute approximate surface area is 312 Å². The number of aromatic nitrogens is 5. The zero-order valence-corrected chi connectivity index (χ0v) is 29.1. The molecule has 0 radical (unpaired) electrons. The fourth-order valence-corrected chi connectivity index (χ4v) is 7.46. The van der Waals surface area contributed by atoms with Gasteiger partial charge in [0.1, 0.15) is 0 Å². The van der Waals surface area contributed by atoms with Crippen molar-refractivity contribution in [2.45, 2.75) is 6.04 Å². The molecule has 0 spiro atoms. The molecular weight excluding hydrogens is 661 g/mol. The minimum atomic E-state index is 0.0807. The lowest BCUT2D eigenvalue weighted by Gasteiger charge is -2.16. The van der Waals surface area contributed by atoms with Gasteiger partial charge in [-0.05, 0) is 111 Å². The number of allylic oxidation sites excluding steroid dienone is 2. The van der Waals surface area contributed by atoms with Gasteiger partial charge < -0.3 is 5.32 Å². The quantitative estimate of drug-likeness (QED) is 0.175. The van der Waals surface area contributed by atoms with E-state index in [4.69, 9.17) is 9.97 Å². The maximum atomic E-state index is 5.17. The number of hydrogen-bond acceptors (Lipinski definition) is 6. The lowest BCUT2D eigenvalue weighted by molar-refractivity contribution is 0.743. The number of benzene rings is 4. The third-order valence-electron chi connectivity index (χ3n) is 10.1. The van der Waals surface area contributed by atoms with Crippen LogP contribution in [0, 0.1) is 0 Å². The Bertz CT molecular complexity index is 2930. The summed E-state index contributed by atoms with van der Waals surface area (Å²) in [7, 11) is 0. The largest absolute Gasteiger partial charge is 0.381 e. The van der Waals surface area contributed by atoms with Crippen LogP contribution in [0.15, 0.2) is 183 Å². The summed E-state index contributed by atoms with van der Waals surface area (Å²) in [6.07, 6.45) is 17.4. The van der Waals surface area contributed by atoms with Gasteiger partial charge >= 0.3 is 0 Å². The molecule has 0 fully saturated rings. The van der Waals surface area contributed by atoms with Crippen molar-refractivity contribution in [3.05, 3.63) is 188 Å². The van der Waals surface area contributed by atoms with E-state index in [2.05, 4.69) is 136 Å². The van der Waals surface area contributed by atoms with Crippen molar-refractivity contribution < 1.29 is 0 Å². The summed E-state index contributed by atoms with van der Waals surface area (Å²) in [5.41, 5.74) is 10.5. The van der Waals surface area contributed by atoms with Gasteiger partial charge in [-0.3, -0.25) is 15.0 Å². The lowest BCUT2D eigenvalue weighted by Crippen LogP contribution is -2.15. The molecule has 54 heavy (non-hydrogen) atoms. The van der Waals surface area contributed by atoms with E-state index in [0.29, 0.717) is 0 Å². The monoisotopic (exact) mass is 692 g/mol. The minimum Gasteiger partial charge on any atom is -0.381 e. The molecule has 0 amide bonds. The van der Waals surface area contributed by atoms with Gasteiger partial charge in [0, 0.05) is 58.8 Å². The third kappa shape index (κ3) is 5.76. The first-order valence-corrected chi connectivity index (χ1v) is 18.0. The van der Waals surface area contributed by atoms with Gasteiger partial charge in [0.05, 0.1) is 34.5 Å². The van der Waals surface area contributed by atoms with Gasteiger partial charge in [0.25, 0.3) is 0 Å². The number of rotatable bonds is 6. The molecule has 0 saturated carbocycles. The number of nitrogens with one attached hydrogen (secondary N) is 1. The number of pyridine rings is 5. The first kappa shape index (κ1) is 31.4. The van der Waals surface area contributed by atoms with Gasteiger partial charge in [-0.1, -0.05) is 78.9 Å². The highest BCUT2D eigenvalue weighted by atomic mass is 14.9. The van der Waals surface area contributed by atoms with Gasteiger partial charge in [0.15, 0.2) is 0 Å². The molecule has 1 unspecified atom stereocenters. The fraction of sp³-hybridized carbons (Fsp3) is 0.0208. The van der Waals surface area contributed by atoms with Crippen LogP contribution in [0.3, 0.4) is 0 Å². The molecule has 1 atom stereocenters. The molecule has 9 aromatic rings. The normalized spacial score (nSPS) is 13.7. The molecule has 5 aromatic heterocycles. The summed E-state index contributed by atoms with van der Waals surface area (Å²) in [5.74, 6) is 0. The van der Waals surface area contributed by atoms with Crippen LogP contribution in [0.1, 0.15) is 11.6 Å². The average Bonchev–Trinajstić information content (AvgIpc) is 3.27. The van der Waals surface area contributed by atoms with E-state index in [9.17, 15) is 0 Å². The van der Waals surface area contributed by atoms with E-state index in [1.165, 1.54) is 32.3 Å². The standard InChI is InChI=1S/C48H32N6/c1-2-10-38-37(9-1)39-19-17-31(45-13-7-15-47(53-45)35-23-33(27-49-29-35)43-11-3-5-21-51-43)25-41(39)42-26-32(18-20-40(38)42)46-14-8-16-48(54-46)36-24-34(28-50-30-36)44-12-4-6-22-52-44/h1-30,43,51H.